The van der Waals surface area contributed by atoms with Crippen LogP contribution >= 0.6 is 0 Å². The summed E-state index contributed by atoms with van der Waals surface area (Å²) in [5.74, 6) is -0.170. The second-order valence-electron chi connectivity index (χ2n) is 8.82. The van der Waals surface area contributed by atoms with Gasteiger partial charge >= 0.3 is 11.9 Å². The number of hydrogen-bond acceptors (Lipinski definition) is 5. The molecule has 0 aromatic heterocycles. The van der Waals surface area contributed by atoms with Crippen molar-refractivity contribution in [1.82, 2.24) is 0 Å². The molecule has 0 amide bonds. The molecular weight excluding hydrogens is 424 g/mol. The Balaban J connectivity index is 2.13. The molecule has 0 aliphatic heterocycles. The van der Waals surface area contributed by atoms with Gasteiger partial charge in [-0.3, -0.25) is 13.8 Å². The van der Waals surface area contributed by atoms with Crippen LogP contribution < -0.4 is 9.47 Å². The quantitative estimate of drug-likeness (QED) is 0.456. The van der Waals surface area contributed by atoms with Gasteiger partial charge in [0.1, 0.15) is 11.5 Å². The van der Waals surface area contributed by atoms with Crippen LogP contribution in [0.25, 0.3) is 5.57 Å². The fourth-order valence-electron chi connectivity index (χ4n) is 3.56. The average Bonchev–Trinajstić information content (AvgIpc) is 3.16. The highest BCUT2D eigenvalue weighted by Crippen LogP contribution is 2.42. The number of carbonyl (C=O) groups excluding carboxylic acids is 2. The molecule has 6 heteroatoms. The third-order valence-electron chi connectivity index (χ3n) is 5.06. The van der Waals surface area contributed by atoms with Crippen molar-refractivity contribution >= 4 is 28.3 Å². The molecule has 2 atom stereocenters. The summed E-state index contributed by atoms with van der Waals surface area (Å²) < 4.78 is 24.5. The van der Waals surface area contributed by atoms with Crippen molar-refractivity contribution in [3.63, 3.8) is 0 Å². The van der Waals surface area contributed by atoms with E-state index in [1.807, 2.05) is 70.2 Å². The molecular formula is C26H28O5S. The average molecular weight is 453 g/mol. The Hall–Kier alpha value is -2.99. The molecule has 2 aromatic rings. The summed E-state index contributed by atoms with van der Waals surface area (Å²) in [7, 11) is -1.36. The number of aryl methyl sites for hydroxylation is 1. The van der Waals surface area contributed by atoms with E-state index in [-0.39, 0.29) is 5.41 Å². The molecule has 2 unspecified atom stereocenters. The first-order valence-electron chi connectivity index (χ1n) is 10.4. The van der Waals surface area contributed by atoms with Gasteiger partial charge in [-0.1, -0.05) is 56.7 Å². The maximum Gasteiger partial charge on any atom is 0.308 e. The fraction of sp³-hybridized carbons (Fsp3) is 0.308. The first-order chi connectivity index (χ1) is 15.0. The first-order valence-corrected chi connectivity index (χ1v) is 11.6. The zero-order valence-corrected chi connectivity index (χ0v) is 20.0. The maximum atomic E-state index is 13.4. The summed E-state index contributed by atoms with van der Waals surface area (Å²) in [6.07, 6.45) is 5.56. The standard InChI is InChI=1S/C26H28O5S/c1-16-10-12-19(13-11-16)32(29)25-9-7-8-20(25)21-14-24(31-18(3)28)22(26(4,5)6)15-23(21)30-17(2)27/h7-15,25H,1-6H3. The smallest absolute Gasteiger partial charge is 0.308 e. The Morgan fingerprint density at radius 3 is 2.09 bits per heavy atom. The van der Waals surface area contributed by atoms with Crippen LogP contribution in [0.4, 0.5) is 0 Å². The zero-order chi connectivity index (χ0) is 23.6. The Labute approximate surface area is 191 Å². The highest BCUT2D eigenvalue weighted by molar-refractivity contribution is 7.86. The second kappa shape index (κ2) is 9.25. The summed E-state index contributed by atoms with van der Waals surface area (Å²) in [5, 5.41) is -0.433. The molecule has 0 fully saturated rings. The van der Waals surface area contributed by atoms with Crippen molar-refractivity contribution in [2.75, 3.05) is 0 Å². The van der Waals surface area contributed by atoms with Crippen molar-refractivity contribution in [2.24, 2.45) is 0 Å². The molecule has 1 aliphatic rings. The molecule has 2 aromatic carbocycles. The number of rotatable bonds is 5. The van der Waals surface area contributed by atoms with E-state index in [1.165, 1.54) is 13.8 Å². The highest BCUT2D eigenvalue weighted by atomic mass is 32.2. The first kappa shape index (κ1) is 23.7. The second-order valence-corrected chi connectivity index (χ2v) is 10.4. The number of ether oxygens (including phenoxy) is 2. The predicted octanol–water partition coefficient (Wildman–Crippen LogP) is 5.27. The van der Waals surface area contributed by atoms with Gasteiger partial charge in [-0.05, 0) is 42.2 Å². The SMILES string of the molecule is CC(=O)Oc1cc(C(C)(C)C)c(OC(C)=O)cc1C1=CC=CC1S(=O)c1ccc(C)cc1. The van der Waals surface area contributed by atoms with Gasteiger partial charge < -0.3 is 9.47 Å². The Morgan fingerprint density at radius 1 is 0.938 bits per heavy atom. The largest absolute Gasteiger partial charge is 0.426 e. The van der Waals surface area contributed by atoms with Crippen molar-refractivity contribution in [2.45, 2.75) is 57.1 Å². The minimum Gasteiger partial charge on any atom is -0.426 e. The Morgan fingerprint density at radius 2 is 1.53 bits per heavy atom. The van der Waals surface area contributed by atoms with E-state index in [1.54, 1.807) is 12.1 Å². The number of esters is 2. The predicted molar refractivity (Wildman–Crippen MR) is 126 cm³/mol. The van der Waals surface area contributed by atoms with E-state index in [0.717, 1.165) is 16.7 Å². The molecule has 0 radical (unpaired) electrons. The van der Waals surface area contributed by atoms with Gasteiger partial charge in [0.2, 0.25) is 0 Å². The highest BCUT2D eigenvalue weighted by Gasteiger charge is 2.30. The molecule has 32 heavy (non-hydrogen) atoms. The fourth-order valence-corrected chi connectivity index (χ4v) is 4.92. The van der Waals surface area contributed by atoms with E-state index in [0.29, 0.717) is 22.0 Å². The van der Waals surface area contributed by atoms with Crippen LogP contribution in [0, 0.1) is 6.92 Å². The molecule has 0 saturated carbocycles. The van der Waals surface area contributed by atoms with Crippen molar-refractivity contribution < 1.29 is 23.3 Å². The van der Waals surface area contributed by atoms with Crippen LogP contribution in [0.15, 0.2) is 59.5 Å². The van der Waals surface area contributed by atoms with Crippen molar-refractivity contribution in [3.05, 3.63) is 71.3 Å². The third kappa shape index (κ3) is 5.25. The van der Waals surface area contributed by atoms with Crippen LogP contribution in [0.3, 0.4) is 0 Å². The van der Waals surface area contributed by atoms with Gasteiger partial charge in [-0.25, -0.2) is 0 Å². The molecule has 0 spiro atoms. The number of hydrogen-bond donors (Lipinski definition) is 0. The van der Waals surface area contributed by atoms with E-state index < -0.39 is 28.0 Å². The number of benzene rings is 2. The summed E-state index contributed by atoms with van der Waals surface area (Å²) in [6.45, 7) is 10.6. The third-order valence-corrected chi connectivity index (χ3v) is 6.67. The summed E-state index contributed by atoms with van der Waals surface area (Å²) in [6, 6.07) is 11.0. The van der Waals surface area contributed by atoms with Gasteiger partial charge in [0.15, 0.2) is 0 Å². The van der Waals surface area contributed by atoms with Gasteiger partial charge in [-0.15, -0.1) is 0 Å². The lowest BCUT2D eigenvalue weighted by Gasteiger charge is -2.25. The molecule has 0 bridgehead atoms. The lowest BCUT2D eigenvalue weighted by atomic mass is 9.84. The Kier molecular flexibility index (Phi) is 6.84. The van der Waals surface area contributed by atoms with Crippen LogP contribution in [0.5, 0.6) is 11.5 Å². The van der Waals surface area contributed by atoms with Crippen LogP contribution in [-0.2, 0) is 25.8 Å². The number of carbonyl (C=O) groups is 2. The van der Waals surface area contributed by atoms with Crippen LogP contribution in [-0.4, -0.2) is 21.4 Å². The minimum atomic E-state index is -1.36. The lowest BCUT2D eigenvalue weighted by Crippen LogP contribution is -2.18. The maximum absolute atomic E-state index is 13.4. The van der Waals surface area contributed by atoms with E-state index in [9.17, 15) is 13.8 Å². The van der Waals surface area contributed by atoms with E-state index in [2.05, 4.69) is 0 Å². The van der Waals surface area contributed by atoms with Crippen LogP contribution in [0.1, 0.15) is 51.3 Å². The zero-order valence-electron chi connectivity index (χ0n) is 19.2. The topological polar surface area (TPSA) is 69.7 Å². The molecule has 1 aliphatic carbocycles. The molecule has 0 heterocycles. The lowest BCUT2D eigenvalue weighted by molar-refractivity contribution is -0.133. The molecule has 5 nitrogen and oxygen atoms in total. The minimum absolute atomic E-state index is 0.346. The summed E-state index contributed by atoms with van der Waals surface area (Å²) in [5.41, 5.74) is 2.75. The van der Waals surface area contributed by atoms with E-state index in [4.69, 9.17) is 9.47 Å². The molecule has 168 valence electrons. The van der Waals surface area contributed by atoms with Gasteiger partial charge in [0, 0.05) is 29.9 Å². The van der Waals surface area contributed by atoms with Crippen molar-refractivity contribution in [3.8, 4) is 11.5 Å². The van der Waals surface area contributed by atoms with Gasteiger partial charge in [0.05, 0.1) is 16.0 Å². The van der Waals surface area contributed by atoms with Gasteiger partial charge in [-0.2, -0.15) is 0 Å². The van der Waals surface area contributed by atoms with Gasteiger partial charge in [0.25, 0.3) is 0 Å². The normalized spacial score (nSPS) is 16.4. The summed E-state index contributed by atoms with van der Waals surface area (Å²) >= 11 is 0. The molecule has 0 N–H and O–H groups in total. The molecule has 0 saturated heterocycles. The Bertz CT molecular complexity index is 1130. The monoisotopic (exact) mass is 452 g/mol. The van der Waals surface area contributed by atoms with Crippen LogP contribution in [0.2, 0.25) is 0 Å². The van der Waals surface area contributed by atoms with Crippen molar-refractivity contribution in [1.29, 1.82) is 0 Å². The summed E-state index contributed by atoms with van der Waals surface area (Å²) in [4.78, 5) is 24.4. The molecule has 3 rings (SSSR count). The van der Waals surface area contributed by atoms with E-state index >= 15 is 0 Å². The number of allylic oxidation sites excluding steroid dienone is 2.